The van der Waals surface area contributed by atoms with Crippen LogP contribution in [0.4, 0.5) is 4.39 Å². The number of aliphatic hydroxyl groups excluding tert-OH is 1. The molecule has 1 amide bonds. The van der Waals surface area contributed by atoms with Gasteiger partial charge in [-0.2, -0.15) is 0 Å². The van der Waals surface area contributed by atoms with E-state index in [1.807, 2.05) is 0 Å². The van der Waals surface area contributed by atoms with Crippen LogP contribution in [0.1, 0.15) is 36.5 Å². The first kappa shape index (κ1) is 16.1. The monoisotopic (exact) mass is 337 g/mol. The maximum atomic E-state index is 13.8. The minimum absolute atomic E-state index is 0.0952. The Morgan fingerprint density at radius 2 is 2.09 bits per heavy atom. The fourth-order valence-corrected chi connectivity index (χ4v) is 3.47. The average molecular weight is 337 g/mol. The Balaban J connectivity index is 1.89. The Morgan fingerprint density at radius 3 is 2.70 bits per heavy atom. The number of nitrogens with one attached hydrogen (secondary N) is 2. The molecule has 1 saturated heterocycles. The molecule has 2 aromatic rings. The number of benzene rings is 1. The summed E-state index contributed by atoms with van der Waals surface area (Å²) in [4.78, 5) is 20.3. The molecule has 0 aliphatic carbocycles. The summed E-state index contributed by atoms with van der Waals surface area (Å²) in [6.45, 7) is 3.33. The van der Waals surface area contributed by atoms with Crippen molar-refractivity contribution in [2.45, 2.75) is 26.2 Å². The van der Waals surface area contributed by atoms with Crippen LogP contribution in [0.15, 0.2) is 12.1 Å². The number of likely N-dealkylation sites (tertiary alicyclic amines) is 1. The number of aliphatic hydroxyl groups is 1. The third-order valence-corrected chi connectivity index (χ3v) is 5.22. The van der Waals surface area contributed by atoms with Crippen molar-refractivity contribution >= 4 is 29.2 Å². The van der Waals surface area contributed by atoms with Crippen LogP contribution < -0.4 is 0 Å². The lowest BCUT2D eigenvalue weighted by molar-refractivity contribution is 0.0339. The Kier molecular flexibility index (Phi) is 4.25. The molecule has 23 heavy (non-hydrogen) atoms. The van der Waals surface area contributed by atoms with Gasteiger partial charge in [-0.25, -0.2) is 4.39 Å². The number of nitrogens with zero attached hydrogens (tertiary/aromatic N) is 1. The number of hydrogen-bond donors (Lipinski definition) is 3. The van der Waals surface area contributed by atoms with Crippen LogP contribution in [0.25, 0.3) is 11.0 Å². The standard InChI is InChI=1S/C16H20FN3O2S/c1-2-16(9-21)3-5-20(6-4-16)14(22)11-7-10(17)8-12-13(11)19-15(23)18-12/h7-8,21H,2-6,9H2,1H3,(H2,18,19,23). The highest BCUT2D eigenvalue weighted by Gasteiger charge is 2.34. The van der Waals surface area contributed by atoms with Gasteiger partial charge in [0.2, 0.25) is 0 Å². The molecule has 3 rings (SSSR count). The maximum absolute atomic E-state index is 13.8. The predicted molar refractivity (Wildman–Crippen MR) is 88.4 cm³/mol. The van der Waals surface area contributed by atoms with Gasteiger partial charge in [0.25, 0.3) is 5.91 Å². The van der Waals surface area contributed by atoms with Crippen LogP contribution in [0.5, 0.6) is 0 Å². The third-order valence-electron chi connectivity index (χ3n) is 5.02. The summed E-state index contributed by atoms with van der Waals surface area (Å²) in [6, 6.07) is 2.57. The number of imidazole rings is 1. The summed E-state index contributed by atoms with van der Waals surface area (Å²) in [6.07, 6.45) is 2.40. The van der Waals surface area contributed by atoms with Crippen molar-refractivity contribution in [3.63, 3.8) is 0 Å². The van der Waals surface area contributed by atoms with Gasteiger partial charge >= 0.3 is 0 Å². The van der Waals surface area contributed by atoms with Gasteiger partial charge in [-0.3, -0.25) is 4.79 Å². The SMILES string of the molecule is CCC1(CO)CCN(C(=O)c2cc(F)cc3[nH]c(=S)[nH]c23)CC1. The highest BCUT2D eigenvalue weighted by atomic mass is 32.1. The summed E-state index contributed by atoms with van der Waals surface area (Å²) in [7, 11) is 0. The molecule has 7 heteroatoms. The molecule has 1 aliphatic rings. The van der Waals surface area contributed by atoms with Gasteiger partial charge in [-0.05, 0) is 49.0 Å². The van der Waals surface area contributed by atoms with Crippen molar-refractivity contribution in [3.05, 3.63) is 28.3 Å². The van der Waals surface area contributed by atoms with Crippen molar-refractivity contribution < 1.29 is 14.3 Å². The number of halogens is 1. The molecule has 3 N–H and O–H groups in total. The van der Waals surface area contributed by atoms with Crippen molar-refractivity contribution in [1.29, 1.82) is 0 Å². The number of H-pyrrole nitrogens is 2. The van der Waals surface area contributed by atoms with E-state index in [1.165, 1.54) is 12.1 Å². The van der Waals surface area contributed by atoms with E-state index in [2.05, 4.69) is 16.9 Å². The van der Waals surface area contributed by atoms with E-state index in [9.17, 15) is 14.3 Å². The first-order chi connectivity index (χ1) is 11.0. The Labute approximate surface area is 138 Å². The average Bonchev–Trinajstić information content (AvgIpc) is 2.93. The molecule has 1 aliphatic heterocycles. The Morgan fingerprint density at radius 1 is 1.39 bits per heavy atom. The number of piperidine rings is 1. The first-order valence-electron chi connectivity index (χ1n) is 7.80. The van der Waals surface area contributed by atoms with Crippen LogP contribution >= 0.6 is 12.2 Å². The number of carbonyl (C=O) groups is 1. The number of rotatable bonds is 3. The summed E-state index contributed by atoms with van der Waals surface area (Å²) in [5.74, 6) is -0.677. The number of carbonyl (C=O) groups excluding carboxylic acids is 1. The van der Waals surface area contributed by atoms with E-state index in [0.717, 1.165) is 19.3 Å². The predicted octanol–water partition coefficient (Wildman–Crippen LogP) is 2.99. The van der Waals surface area contributed by atoms with Gasteiger partial charge in [0.05, 0.1) is 16.6 Å². The highest BCUT2D eigenvalue weighted by molar-refractivity contribution is 7.71. The lowest BCUT2D eigenvalue weighted by Crippen LogP contribution is -2.44. The summed E-state index contributed by atoms with van der Waals surface area (Å²) >= 11 is 5.03. The van der Waals surface area contributed by atoms with Gasteiger partial charge in [0.15, 0.2) is 4.77 Å². The van der Waals surface area contributed by atoms with E-state index in [4.69, 9.17) is 12.2 Å². The highest BCUT2D eigenvalue weighted by Crippen LogP contribution is 2.35. The van der Waals surface area contributed by atoms with Crippen molar-refractivity contribution in [3.8, 4) is 0 Å². The quantitative estimate of drug-likeness (QED) is 0.754. The second kappa shape index (κ2) is 6.05. The molecular formula is C16H20FN3O2S. The van der Waals surface area contributed by atoms with E-state index in [-0.39, 0.29) is 17.9 Å². The molecule has 0 radical (unpaired) electrons. The molecule has 1 fully saturated rings. The topological polar surface area (TPSA) is 72.1 Å². The fourth-order valence-electron chi connectivity index (χ4n) is 3.25. The molecule has 1 aromatic carbocycles. The normalized spacial score (nSPS) is 17.6. The van der Waals surface area contributed by atoms with E-state index in [0.29, 0.717) is 34.5 Å². The van der Waals surface area contributed by atoms with Crippen molar-refractivity contribution in [2.24, 2.45) is 5.41 Å². The zero-order chi connectivity index (χ0) is 16.6. The van der Waals surface area contributed by atoms with Gasteiger partial charge in [-0.15, -0.1) is 0 Å². The van der Waals surface area contributed by atoms with Gasteiger partial charge in [0, 0.05) is 19.7 Å². The second-order valence-corrected chi connectivity index (χ2v) is 6.67. The smallest absolute Gasteiger partial charge is 0.256 e. The van der Waals surface area contributed by atoms with E-state index < -0.39 is 5.82 Å². The molecule has 0 atom stereocenters. The van der Waals surface area contributed by atoms with Gasteiger partial charge in [-0.1, -0.05) is 6.92 Å². The van der Waals surface area contributed by atoms with Crippen molar-refractivity contribution in [1.82, 2.24) is 14.9 Å². The van der Waals surface area contributed by atoms with Crippen LogP contribution in [-0.2, 0) is 0 Å². The number of aromatic amines is 2. The van der Waals surface area contributed by atoms with Gasteiger partial charge in [0.1, 0.15) is 5.82 Å². The molecule has 124 valence electrons. The summed E-state index contributed by atoms with van der Waals surface area (Å²) in [5, 5.41) is 9.59. The third kappa shape index (κ3) is 2.90. The zero-order valence-corrected chi connectivity index (χ0v) is 13.8. The summed E-state index contributed by atoms with van der Waals surface area (Å²) in [5.41, 5.74) is 1.23. The fraction of sp³-hybridized carbons (Fsp3) is 0.500. The van der Waals surface area contributed by atoms with Crippen LogP contribution in [-0.4, -0.2) is 45.6 Å². The molecule has 0 bridgehead atoms. The summed E-state index contributed by atoms with van der Waals surface area (Å²) < 4.78 is 14.2. The molecule has 1 aromatic heterocycles. The maximum Gasteiger partial charge on any atom is 0.256 e. The number of aromatic nitrogens is 2. The molecule has 5 nitrogen and oxygen atoms in total. The first-order valence-corrected chi connectivity index (χ1v) is 8.20. The molecule has 2 heterocycles. The van der Waals surface area contributed by atoms with Gasteiger partial charge < -0.3 is 20.0 Å². The minimum atomic E-state index is -0.471. The number of fused-ring (bicyclic) bond motifs is 1. The van der Waals surface area contributed by atoms with Crippen molar-refractivity contribution in [2.75, 3.05) is 19.7 Å². The molecular weight excluding hydrogens is 317 g/mol. The lowest BCUT2D eigenvalue weighted by atomic mass is 9.77. The number of hydrogen-bond acceptors (Lipinski definition) is 3. The van der Waals surface area contributed by atoms with Crippen LogP contribution in [0.3, 0.4) is 0 Å². The van der Waals surface area contributed by atoms with E-state index in [1.54, 1.807) is 4.90 Å². The zero-order valence-electron chi connectivity index (χ0n) is 13.0. The molecule has 0 spiro atoms. The Bertz CT molecular complexity index is 784. The van der Waals surface area contributed by atoms with Crippen LogP contribution in [0, 0.1) is 16.0 Å². The Hall–Kier alpha value is -1.73. The lowest BCUT2D eigenvalue weighted by Gasteiger charge is -2.40. The molecule has 0 unspecified atom stereocenters. The van der Waals surface area contributed by atoms with Crippen LogP contribution in [0.2, 0.25) is 0 Å². The minimum Gasteiger partial charge on any atom is -0.396 e. The largest absolute Gasteiger partial charge is 0.396 e. The second-order valence-electron chi connectivity index (χ2n) is 6.26. The molecule has 0 saturated carbocycles. The van der Waals surface area contributed by atoms with E-state index >= 15 is 0 Å². The number of amides is 1.